The molecular formula is C25H28N4O3S. The first-order valence-corrected chi connectivity index (χ1v) is 11.8. The van der Waals surface area contributed by atoms with E-state index < -0.39 is 11.9 Å². The largest absolute Gasteiger partial charge is 0.490 e. The Hall–Kier alpha value is -3.39. The average molecular weight is 465 g/mol. The van der Waals surface area contributed by atoms with Crippen molar-refractivity contribution in [2.45, 2.75) is 38.2 Å². The average Bonchev–Trinajstić information content (AvgIpc) is 3.20. The molecule has 0 saturated carbocycles. The maximum absolute atomic E-state index is 12.1. The van der Waals surface area contributed by atoms with Crippen LogP contribution in [0.2, 0.25) is 0 Å². The molecule has 8 heteroatoms. The number of carboxylic acids is 1. The fraction of sp³-hybridized carbons (Fsp3) is 0.320. The van der Waals surface area contributed by atoms with E-state index in [2.05, 4.69) is 4.90 Å². The van der Waals surface area contributed by atoms with Crippen LogP contribution in [-0.2, 0) is 11.2 Å². The van der Waals surface area contributed by atoms with Crippen molar-refractivity contribution in [1.29, 1.82) is 10.8 Å². The SMILES string of the molecule is CC(=N)N1CCC(Oc2ccc(C(Cc3cc4cc(C(=N)N)ccc4s3)C(=O)O)cc2)CC1. The van der Waals surface area contributed by atoms with Gasteiger partial charge in [-0.2, -0.15) is 0 Å². The number of nitrogens with one attached hydrogen (secondary N) is 2. The van der Waals surface area contributed by atoms with Crippen molar-refractivity contribution in [2.75, 3.05) is 13.1 Å². The number of likely N-dealkylation sites (tertiary alicyclic amines) is 1. The Kier molecular flexibility index (Phi) is 6.65. The number of piperidine rings is 1. The predicted molar refractivity (Wildman–Crippen MR) is 132 cm³/mol. The van der Waals surface area contributed by atoms with E-state index in [9.17, 15) is 9.90 Å². The molecule has 0 amide bonds. The molecule has 1 aliphatic heterocycles. The summed E-state index contributed by atoms with van der Waals surface area (Å²) in [6.07, 6.45) is 2.24. The van der Waals surface area contributed by atoms with E-state index in [0.29, 0.717) is 17.8 Å². The quantitative estimate of drug-likeness (QED) is 0.304. The van der Waals surface area contributed by atoms with Crippen LogP contribution >= 0.6 is 11.3 Å². The third-order valence-electron chi connectivity index (χ3n) is 6.08. The summed E-state index contributed by atoms with van der Waals surface area (Å²) in [5, 5.41) is 26.2. The van der Waals surface area contributed by atoms with Gasteiger partial charge in [-0.1, -0.05) is 12.1 Å². The maximum Gasteiger partial charge on any atom is 0.311 e. The van der Waals surface area contributed by atoms with Gasteiger partial charge in [0.1, 0.15) is 17.7 Å². The zero-order chi connectivity index (χ0) is 23.5. The first-order valence-electron chi connectivity index (χ1n) is 11.0. The molecule has 1 aliphatic rings. The molecule has 1 unspecified atom stereocenters. The van der Waals surface area contributed by atoms with Crippen LogP contribution in [-0.4, -0.2) is 46.8 Å². The van der Waals surface area contributed by atoms with Crippen molar-refractivity contribution < 1.29 is 14.6 Å². The van der Waals surface area contributed by atoms with Crippen LogP contribution in [0.4, 0.5) is 0 Å². The van der Waals surface area contributed by atoms with E-state index in [1.54, 1.807) is 18.3 Å². The standard InChI is InChI=1S/C25H28N4O3S/c1-15(26)29-10-8-20(9-11-29)32-19-5-2-16(3-6-19)22(25(30)31)14-21-13-18-12-17(24(27)28)4-7-23(18)33-21/h2-7,12-13,20,22,26H,8-11,14H2,1H3,(H3,27,28)(H,30,31). The first-order chi connectivity index (χ1) is 15.8. The second-order valence-electron chi connectivity index (χ2n) is 8.43. The van der Waals surface area contributed by atoms with E-state index in [1.807, 2.05) is 48.5 Å². The van der Waals surface area contributed by atoms with Gasteiger partial charge in [-0.15, -0.1) is 11.3 Å². The van der Waals surface area contributed by atoms with Crippen LogP contribution < -0.4 is 10.5 Å². The van der Waals surface area contributed by atoms with Crippen LogP contribution in [0.15, 0.2) is 48.5 Å². The number of aliphatic carboxylic acids is 1. The third-order valence-corrected chi connectivity index (χ3v) is 7.22. The number of nitrogens with zero attached hydrogens (tertiary/aromatic N) is 1. The van der Waals surface area contributed by atoms with Crippen molar-refractivity contribution in [3.05, 3.63) is 64.5 Å². The zero-order valence-electron chi connectivity index (χ0n) is 18.5. The van der Waals surface area contributed by atoms with Gasteiger partial charge in [-0.05, 0) is 60.7 Å². The second kappa shape index (κ2) is 9.62. The minimum atomic E-state index is -0.861. The van der Waals surface area contributed by atoms with Gasteiger partial charge < -0.3 is 20.5 Å². The summed E-state index contributed by atoms with van der Waals surface area (Å²) in [5.74, 6) is -0.161. The Bertz CT molecular complexity index is 1180. The monoisotopic (exact) mass is 464 g/mol. The van der Waals surface area contributed by atoms with E-state index >= 15 is 0 Å². The first kappa shape index (κ1) is 22.8. The second-order valence-corrected chi connectivity index (χ2v) is 9.60. The van der Waals surface area contributed by atoms with Gasteiger partial charge in [-0.3, -0.25) is 15.6 Å². The van der Waals surface area contributed by atoms with Crippen LogP contribution in [0.3, 0.4) is 0 Å². The number of nitrogens with two attached hydrogens (primary N) is 1. The van der Waals surface area contributed by atoms with Crippen molar-refractivity contribution >= 4 is 39.1 Å². The molecule has 2 heterocycles. The molecule has 0 radical (unpaired) electrons. The van der Waals surface area contributed by atoms with E-state index in [1.165, 1.54) is 0 Å². The maximum atomic E-state index is 12.1. The highest BCUT2D eigenvalue weighted by Crippen LogP contribution is 2.32. The molecule has 0 aliphatic carbocycles. The Morgan fingerprint density at radius 1 is 1.18 bits per heavy atom. The normalized spacial score (nSPS) is 15.4. The predicted octanol–water partition coefficient (Wildman–Crippen LogP) is 4.44. The lowest BCUT2D eigenvalue weighted by molar-refractivity contribution is -0.138. The Labute approximate surface area is 196 Å². The lowest BCUT2D eigenvalue weighted by Gasteiger charge is -2.32. The molecule has 0 spiro atoms. The van der Waals surface area contributed by atoms with E-state index in [4.69, 9.17) is 21.3 Å². The van der Waals surface area contributed by atoms with E-state index in [0.717, 1.165) is 52.2 Å². The Morgan fingerprint density at radius 3 is 2.48 bits per heavy atom. The molecule has 7 nitrogen and oxygen atoms in total. The van der Waals surface area contributed by atoms with Crippen LogP contribution in [0.25, 0.3) is 10.1 Å². The highest BCUT2D eigenvalue weighted by molar-refractivity contribution is 7.19. The third kappa shape index (κ3) is 5.34. The topological polar surface area (TPSA) is 123 Å². The number of benzene rings is 2. The van der Waals surface area contributed by atoms with Gasteiger partial charge in [0.2, 0.25) is 0 Å². The number of fused-ring (bicyclic) bond motifs is 1. The molecule has 2 aromatic carbocycles. The molecular weight excluding hydrogens is 436 g/mol. The van der Waals surface area contributed by atoms with Gasteiger partial charge >= 0.3 is 5.97 Å². The van der Waals surface area contributed by atoms with Crippen LogP contribution in [0.1, 0.15) is 41.7 Å². The van der Waals surface area contributed by atoms with Crippen molar-refractivity contribution in [3.63, 3.8) is 0 Å². The summed E-state index contributed by atoms with van der Waals surface area (Å²) in [5.41, 5.74) is 6.99. The number of thiophene rings is 1. The summed E-state index contributed by atoms with van der Waals surface area (Å²) in [6, 6.07) is 15.0. The molecule has 4 rings (SSSR count). The summed E-state index contributed by atoms with van der Waals surface area (Å²) in [6.45, 7) is 3.45. The number of amidine groups is 2. The minimum absolute atomic E-state index is 0.0192. The minimum Gasteiger partial charge on any atom is -0.490 e. The van der Waals surface area contributed by atoms with Crippen molar-refractivity contribution in [3.8, 4) is 5.75 Å². The van der Waals surface area contributed by atoms with Crippen molar-refractivity contribution in [1.82, 2.24) is 4.90 Å². The highest BCUT2D eigenvalue weighted by Gasteiger charge is 2.23. The molecule has 1 aromatic heterocycles. The number of hydrogen-bond acceptors (Lipinski definition) is 5. The number of carboxylic acid groups (broad SMARTS) is 1. The van der Waals surface area contributed by atoms with Gasteiger partial charge in [-0.25, -0.2) is 0 Å². The van der Waals surface area contributed by atoms with Gasteiger partial charge in [0.25, 0.3) is 0 Å². The number of rotatable bonds is 7. The van der Waals surface area contributed by atoms with Crippen LogP contribution in [0, 0.1) is 10.8 Å². The van der Waals surface area contributed by atoms with Gasteiger partial charge in [0.05, 0.1) is 11.8 Å². The smallest absolute Gasteiger partial charge is 0.311 e. The Morgan fingerprint density at radius 2 is 1.88 bits per heavy atom. The Balaban J connectivity index is 1.44. The molecule has 33 heavy (non-hydrogen) atoms. The molecule has 0 bridgehead atoms. The fourth-order valence-electron chi connectivity index (χ4n) is 4.20. The molecule has 172 valence electrons. The molecule has 1 fully saturated rings. The summed E-state index contributed by atoms with van der Waals surface area (Å²) in [4.78, 5) is 15.1. The summed E-state index contributed by atoms with van der Waals surface area (Å²) >= 11 is 1.57. The van der Waals surface area contributed by atoms with Gasteiger partial charge in [0, 0.05) is 41.1 Å². The number of nitrogen functional groups attached to an aromatic ring is 1. The van der Waals surface area contributed by atoms with Crippen molar-refractivity contribution in [2.24, 2.45) is 5.73 Å². The van der Waals surface area contributed by atoms with Crippen LogP contribution in [0.5, 0.6) is 5.75 Å². The molecule has 5 N–H and O–H groups in total. The summed E-state index contributed by atoms with van der Waals surface area (Å²) < 4.78 is 7.15. The molecule has 1 atom stereocenters. The highest BCUT2D eigenvalue weighted by atomic mass is 32.1. The number of carbonyl (C=O) groups is 1. The molecule has 3 aromatic rings. The number of hydrogen-bond donors (Lipinski definition) is 4. The summed E-state index contributed by atoms with van der Waals surface area (Å²) in [7, 11) is 0. The van der Waals surface area contributed by atoms with E-state index in [-0.39, 0.29) is 11.9 Å². The van der Waals surface area contributed by atoms with Gasteiger partial charge in [0.15, 0.2) is 0 Å². The fourth-order valence-corrected chi connectivity index (χ4v) is 5.29. The molecule has 1 saturated heterocycles. The zero-order valence-corrected chi connectivity index (χ0v) is 19.3. The number of ether oxygens (including phenoxy) is 1. The lowest BCUT2D eigenvalue weighted by atomic mass is 9.95. The lowest BCUT2D eigenvalue weighted by Crippen LogP contribution is -2.40.